The number of hydrogen-bond acceptors (Lipinski definition) is 1. The molecular formula is C7H12S. The second kappa shape index (κ2) is 2.14. The molecule has 0 aliphatic heterocycles. The molecule has 3 atom stereocenters. The minimum Gasteiger partial charge on any atom is -0.0932 e. The minimum absolute atomic E-state index is 0.750. The first kappa shape index (κ1) is 6.21. The van der Waals surface area contributed by atoms with Crippen molar-refractivity contribution in [2.75, 3.05) is 0 Å². The van der Waals surface area contributed by atoms with E-state index >= 15 is 0 Å². The molecule has 0 nitrogen and oxygen atoms in total. The normalized spacial score (nSPS) is 45.5. The zero-order chi connectivity index (χ0) is 6.15. The van der Waals surface area contributed by atoms with Gasteiger partial charge in [0.25, 0.3) is 0 Å². The zero-order valence-electron chi connectivity index (χ0n) is 5.42. The van der Waals surface area contributed by atoms with Gasteiger partial charge in [-0.2, -0.15) is 0 Å². The Kier molecular flexibility index (Phi) is 1.66. The van der Waals surface area contributed by atoms with Gasteiger partial charge in [-0.15, -0.1) is 0 Å². The Morgan fingerprint density at radius 3 is 2.25 bits per heavy atom. The standard InChI is InChI=1S/C7H12S/c1-5-3-7(4-8)6(5)2/h4-7H,3H2,1-2H3. The van der Waals surface area contributed by atoms with Crippen molar-refractivity contribution in [2.45, 2.75) is 20.3 Å². The molecule has 1 heteroatoms. The molecule has 0 N–H and O–H groups in total. The van der Waals surface area contributed by atoms with Crippen LogP contribution in [0.2, 0.25) is 0 Å². The summed E-state index contributed by atoms with van der Waals surface area (Å²) in [6, 6.07) is 0. The number of hydrogen-bond donors (Lipinski definition) is 0. The first-order valence-corrected chi connectivity index (χ1v) is 3.68. The number of thiocarbonyl (C=S) groups is 1. The lowest BCUT2D eigenvalue weighted by Crippen LogP contribution is -2.32. The molecule has 1 saturated carbocycles. The molecule has 8 heavy (non-hydrogen) atoms. The molecule has 0 bridgehead atoms. The summed E-state index contributed by atoms with van der Waals surface area (Å²) in [5, 5.41) is 1.92. The Balaban J connectivity index is 2.35. The molecule has 46 valence electrons. The first-order valence-electron chi connectivity index (χ1n) is 3.21. The van der Waals surface area contributed by atoms with Gasteiger partial charge in [0.1, 0.15) is 0 Å². The molecule has 0 radical (unpaired) electrons. The van der Waals surface area contributed by atoms with Crippen LogP contribution in [-0.4, -0.2) is 5.37 Å². The summed E-state index contributed by atoms with van der Waals surface area (Å²) in [6.07, 6.45) is 1.32. The van der Waals surface area contributed by atoms with Crippen molar-refractivity contribution in [3.63, 3.8) is 0 Å². The summed E-state index contributed by atoms with van der Waals surface area (Å²) < 4.78 is 0. The van der Waals surface area contributed by atoms with E-state index in [1.807, 2.05) is 5.37 Å². The fourth-order valence-corrected chi connectivity index (χ4v) is 1.62. The molecule has 0 aromatic carbocycles. The Bertz CT molecular complexity index is 98.6. The van der Waals surface area contributed by atoms with E-state index in [9.17, 15) is 0 Å². The van der Waals surface area contributed by atoms with Gasteiger partial charge in [0, 0.05) is 0 Å². The van der Waals surface area contributed by atoms with E-state index in [0.717, 1.165) is 17.8 Å². The van der Waals surface area contributed by atoms with E-state index in [4.69, 9.17) is 12.2 Å². The first-order chi connectivity index (χ1) is 3.75. The lowest BCUT2D eigenvalue weighted by Gasteiger charge is -2.38. The van der Waals surface area contributed by atoms with Crippen LogP contribution >= 0.6 is 12.2 Å². The predicted octanol–water partition coefficient (Wildman–Crippen LogP) is 2.28. The summed E-state index contributed by atoms with van der Waals surface area (Å²) >= 11 is 4.83. The van der Waals surface area contributed by atoms with Crippen molar-refractivity contribution in [1.29, 1.82) is 0 Å². The molecule has 3 unspecified atom stereocenters. The lowest BCUT2D eigenvalue weighted by atomic mass is 9.68. The molecule has 1 fully saturated rings. The van der Waals surface area contributed by atoms with Gasteiger partial charge in [0.15, 0.2) is 0 Å². The van der Waals surface area contributed by atoms with Crippen molar-refractivity contribution in [3.8, 4) is 0 Å². The van der Waals surface area contributed by atoms with Crippen molar-refractivity contribution in [3.05, 3.63) is 0 Å². The Hall–Kier alpha value is 0.0900. The highest BCUT2D eigenvalue weighted by atomic mass is 32.1. The van der Waals surface area contributed by atoms with E-state index in [1.54, 1.807) is 0 Å². The van der Waals surface area contributed by atoms with Crippen molar-refractivity contribution in [2.24, 2.45) is 17.8 Å². The fourth-order valence-electron chi connectivity index (χ4n) is 1.26. The average molecular weight is 128 g/mol. The monoisotopic (exact) mass is 128 g/mol. The molecule has 0 spiro atoms. The summed E-state index contributed by atoms with van der Waals surface area (Å²) in [5.41, 5.74) is 0. The van der Waals surface area contributed by atoms with Crippen LogP contribution in [0.1, 0.15) is 20.3 Å². The van der Waals surface area contributed by atoms with Gasteiger partial charge in [-0.3, -0.25) is 0 Å². The highest BCUT2D eigenvalue weighted by Gasteiger charge is 2.31. The van der Waals surface area contributed by atoms with Crippen LogP contribution in [0.4, 0.5) is 0 Å². The smallest absolute Gasteiger partial charge is 0.00976 e. The van der Waals surface area contributed by atoms with Crippen LogP contribution in [0.5, 0.6) is 0 Å². The summed E-state index contributed by atoms with van der Waals surface area (Å²) in [6.45, 7) is 4.57. The Morgan fingerprint density at radius 1 is 1.50 bits per heavy atom. The minimum atomic E-state index is 0.750. The average Bonchev–Trinajstić information content (AvgIpc) is 1.81. The van der Waals surface area contributed by atoms with Gasteiger partial charge >= 0.3 is 0 Å². The Morgan fingerprint density at radius 2 is 2.12 bits per heavy atom. The van der Waals surface area contributed by atoms with Crippen LogP contribution in [0.15, 0.2) is 0 Å². The third-order valence-corrected chi connectivity index (χ3v) is 2.74. The molecule has 0 aromatic rings. The van der Waals surface area contributed by atoms with Crippen LogP contribution < -0.4 is 0 Å². The van der Waals surface area contributed by atoms with Gasteiger partial charge < -0.3 is 0 Å². The van der Waals surface area contributed by atoms with Gasteiger partial charge in [0.2, 0.25) is 0 Å². The molecular weight excluding hydrogens is 116 g/mol. The highest BCUT2D eigenvalue weighted by Crippen LogP contribution is 2.38. The van der Waals surface area contributed by atoms with Crippen LogP contribution in [-0.2, 0) is 0 Å². The molecule has 1 aliphatic rings. The fraction of sp³-hybridized carbons (Fsp3) is 0.857. The zero-order valence-corrected chi connectivity index (χ0v) is 6.24. The molecule has 0 saturated heterocycles. The van der Waals surface area contributed by atoms with E-state index in [-0.39, 0.29) is 0 Å². The maximum Gasteiger partial charge on any atom is -0.00976 e. The van der Waals surface area contributed by atoms with Crippen molar-refractivity contribution in [1.82, 2.24) is 0 Å². The maximum atomic E-state index is 4.83. The maximum absolute atomic E-state index is 4.83. The highest BCUT2D eigenvalue weighted by molar-refractivity contribution is 7.79. The van der Waals surface area contributed by atoms with Gasteiger partial charge in [0.05, 0.1) is 0 Å². The summed E-state index contributed by atoms with van der Waals surface area (Å²) in [4.78, 5) is 0. The molecule has 0 amide bonds. The Labute approximate surface area is 56.3 Å². The van der Waals surface area contributed by atoms with E-state index < -0.39 is 0 Å². The second-order valence-corrected chi connectivity index (χ2v) is 3.14. The molecule has 1 aliphatic carbocycles. The molecule has 0 aromatic heterocycles. The van der Waals surface area contributed by atoms with Gasteiger partial charge in [-0.1, -0.05) is 26.1 Å². The summed E-state index contributed by atoms with van der Waals surface area (Å²) in [7, 11) is 0. The van der Waals surface area contributed by atoms with Crippen LogP contribution in [0.25, 0.3) is 0 Å². The van der Waals surface area contributed by atoms with Gasteiger partial charge in [-0.25, -0.2) is 0 Å². The second-order valence-electron chi connectivity index (χ2n) is 2.87. The SMILES string of the molecule is CC1CC(C=S)C1C. The van der Waals surface area contributed by atoms with Crippen LogP contribution in [0, 0.1) is 17.8 Å². The largest absolute Gasteiger partial charge is 0.0932 e. The van der Waals surface area contributed by atoms with Gasteiger partial charge in [-0.05, 0) is 29.5 Å². The molecule has 0 heterocycles. The topological polar surface area (TPSA) is 0 Å². The van der Waals surface area contributed by atoms with E-state index in [0.29, 0.717) is 0 Å². The summed E-state index contributed by atoms with van der Waals surface area (Å²) in [5.74, 6) is 2.52. The third-order valence-electron chi connectivity index (χ3n) is 2.39. The third kappa shape index (κ3) is 0.795. The molecule has 1 rings (SSSR count). The van der Waals surface area contributed by atoms with E-state index in [1.165, 1.54) is 6.42 Å². The predicted molar refractivity (Wildman–Crippen MR) is 40.1 cm³/mol. The van der Waals surface area contributed by atoms with E-state index in [2.05, 4.69) is 13.8 Å². The van der Waals surface area contributed by atoms with Crippen LogP contribution in [0.3, 0.4) is 0 Å². The van der Waals surface area contributed by atoms with Crippen molar-refractivity contribution < 1.29 is 0 Å². The lowest BCUT2D eigenvalue weighted by molar-refractivity contribution is 0.167. The number of rotatable bonds is 1. The van der Waals surface area contributed by atoms with Crippen molar-refractivity contribution >= 4 is 17.6 Å². The quantitative estimate of drug-likeness (QED) is 0.488.